The molecule has 4 aromatic rings. The van der Waals surface area contributed by atoms with Crippen LogP contribution in [0.5, 0.6) is 23.0 Å². The van der Waals surface area contributed by atoms with Crippen molar-refractivity contribution < 1.29 is 53.2 Å². The van der Waals surface area contributed by atoms with Crippen molar-refractivity contribution in [2.45, 2.75) is 88.9 Å². The van der Waals surface area contributed by atoms with Gasteiger partial charge in [-0.1, -0.05) is 0 Å². The molecule has 0 aliphatic carbocycles. The highest BCUT2D eigenvalue weighted by Gasteiger charge is 2.31. The van der Waals surface area contributed by atoms with Crippen molar-refractivity contribution in [3.63, 3.8) is 0 Å². The third kappa shape index (κ3) is 17.6. The summed E-state index contributed by atoms with van der Waals surface area (Å²) in [7, 11) is 2.73. The lowest BCUT2D eigenvalue weighted by atomic mass is 10.0. The third-order valence-corrected chi connectivity index (χ3v) is 11.8. The van der Waals surface area contributed by atoms with Crippen LogP contribution in [0.1, 0.15) is 101 Å². The topological polar surface area (TPSA) is 407 Å². The normalized spacial score (nSPS) is 12.3. The second-order valence-corrected chi connectivity index (χ2v) is 17.5. The molecular weight excluding hydrogens is 983 g/mol. The number of ether oxygens (including phenoxy) is 2. The van der Waals surface area contributed by atoms with Gasteiger partial charge in [-0.25, -0.2) is 9.98 Å². The quantitative estimate of drug-likeness (QED) is 0.0120. The number of nitrogens with zero attached hydrogens (tertiary/aromatic N) is 1. The Morgan fingerprint density at radius 3 is 1.29 bits per heavy atom. The van der Waals surface area contributed by atoms with Crippen LogP contribution >= 0.6 is 0 Å². The Kier molecular flexibility index (Phi) is 23.7. The number of phenolic OH excluding ortho intramolecular Hbond substituents is 2. The summed E-state index contributed by atoms with van der Waals surface area (Å²) < 4.78 is 14.7. The highest BCUT2D eigenvalue weighted by molar-refractivity contribution is 6.08. The summed E-state index contributed by atoms with van der Waals surface area (Å²) in [5.74, 6) is -5.10. The van der Waals surface area contributed by atoms with Crippen LogP contribution in [0.3, 0.4) is 0 Å². The lowest BCUT2D eigenvalue weighted by Crippen LogP contribution is -2.45. The Labute approximate surface area is 440 Å². The van der Waals surface area contributed by atoms with Crippen LogP contribution in [-0.2, 0) is 19.2 Å². The molecule has 76 heavy (non-hydrogen) atoms. The number of amides is 7. The molecule has 0 fully saturated rings. The first kappa shape index (κ1) is 60.0. The first-order valence-electron chi connectivity index (χ1n) is 24.5. The maximum Gasteiger partial charge on any atom is 0.378 e. The molecule has 0 spiro atoms. The van der Waals surface area contributed by atoms with Gasteiger partial charge in [0, 0.05) is 22.7 Å². The molecular formula is C52H70N13O11+. The molecule has 0 aliphatic rings. The van der Waals surface area contributed by atoms with Gasteiger partial charge in [0.1, 0.15) is 40.6 Å². The Balaban J connectivity index is 1.55. The van der Waals surface area contributed by atoms with Gasteiger partial charge < -0.3 is 80.3 Å². The van der Waals surface area contributed by atoms with Crippen molar-refractivity contribution in [3.8, 4) is 23.0 Å². The van der Waals surface area contributed by atoms with Crippen LogP contribution < -0.4 is 80.0 Å². The molecule has 0 aromatic heterocycles. The fraction of sp³-hybridized carbons (Fsp3) is 0.365. The minimum Gasteiger partial charge on any atom is -0.507 e. The number of methoxy groups -OCH3 is 2. The number of amidine groups is 1. The van der Waals surface area contributed by atoms with Gasteiger partial charge in [0.25, 0.3) is 23.6 Å². The van der Waals surface area contributed by atoms with E-state index in [1.54, 1.807) is 0 Å². The fourth-order valence-corrected chi connectivity index (χ4v) is 7.62. The van der Waals surface area contributed by atoms with Crippen LogP contribution in [0.4, 0.5) is 22.7 Å². The van der Waals surface area contributed by atoms with E-state index in [2.05, 4.69) is 48.6 Å². The molecule has 7 amide bonds. The van der Waals surface area contributed by atoms with Crippen molar-refractivity contribution in [3.05, 3.63) is 95.1 Å². The average Bonchev–Trinajstić information content (AvgIpc) is 3.40. The van der Waals surface area contributed by atoms with E-state index < -0.39 is 71.3 Å². The summed E-state index contributed by atoms with van der Waals surface area (Å²) in [6, 6.07) is 12.5. The lowest BCUT2D eigenvalue weighted by molar-refractivity contribution is -0.118. The van der Waals surface area contributed by atoms with Crippen molar-refractivity contribution in [1.82, 2.24) is 20.6 Å². The second-order valence-electron chi connectivity index (χ2n) is 17.5. The van der Waals surface area contributed by atoms with Gasteiger partial charge >= 0.3 is 5.84 Å². The van der Waals surface area contributed by atoms with Crippen molar-refractivity contribution in [2.24, 2.45) is 28.7 Å². The average molecular weight is 1050 g/mol. The van der Waals surface area contributed by atoms with Gasteiger partial charge in [0.05, 0.1) is 37.0 Å². The standard InChI is InChI=1S/C52H69N13O11/c1-29(56)47(69)59-33-17-21-44(76-4)37(28-33)49(71)65-40(13-7-10-24-55)52(74)60-30-14-18-41(66)34(25-30)46(58-2)63-38(11-5-8-22-53)50(72)61-31-15-19-42(67)35(26-31)48(70)64-39(12-6-9-23-54)51(73)62-32-16-20-43(75-3)36(27-32)45(57)68/h14-21,25-29,38-40H,2,5-13,22-24,53-56H2,1,3-4H3,(H10,57,59,60,61,62,63,64,65,66,67,68,69,70,71,72,73,74)/p+1. The van der Waals surface area contributed by atoms with Gasteiger partial charge in [-0.3, -0.25) is 33.6 Å². The largest absolute Gasteiger partial charge is 0.507 e. The fourth-order valence-electron chi connectivity index (χ4n) is 7.62. The van der Waals surface area contributed by atoms with Crippen molar-refractivity contribution in [2.75, 3.05) is 55.1 Å². The van der Waals surface area contributed by atoms with E-state index in [1.807, 2.05) is 0 Å². The summed E-state index contributed by atoms with van der Waals surface area (Å²) in [4.78, 5) is 93.5. The Hall–Kier alpha value is -8.54. The molecule has 0 radical (unpaired) electrons. The number of carbonyl (C=O) groups is 7. The third-order valence-electron chi connectivity index (χ3n) is 11.8. The summed E-state index contributed by atoms with van der Waals surface area (Å²) in [6.45, 7) is 6.15. The Bertz CT molecular complexity index is 2770. The molecule has 4 unspecified atom stereocenters. The van der Waals surface area contributed by atoms with E-state index in [-0.39, 0.29) is 87.3 Å². The summed E-state index contributed by atoms with van der Waals surface area (Å²) in [5, 5.41) is 41.2. The first-order valence-corrected chi connectivity index (χ1v) is 24.5. The molecule has 19 N–H and O–H groups in total. The predicted octanol–water partition coefficient (Wildman–Crippen LogP) is 1.47. The first-order chi connectivity index (χ1) is 36.4. The smallest absolute Gasteiger partial charge is 0.378 e. The SMILES string of the molecule is C=[N+]=C(NC(CCCCN)C(=O)Nc1ccc(O)c(C(=O)NC(CCCCN)C(=O)Nc2ccc(OC)c(C(N)=O)c2)c1)c1cc(NC(=O)C(CCCCN)NC(=O)c2cc(NC(=O)C(C)N)ccc2OC)ccc1O. The molecule has 0 heterocycles. The summed E-state index contributed by atoms with van der Waals surface area (Å²) in [6.07, 6.45) is 3.53. The second kappa shape index (κ2) is 30.0. The molecule has 0 saturated heterocycles. The molecule has 4 rings (SSSR count). The van der Waals surface area contributed by atoms with Crippen molar-refractivity contribution >= 4 is 76.7 Å². The number of rotatable bonds is 29. The maximum absolute atomic E-state index is 14.1. The molecule has 24 heteroatoms. The lowest BCUT2D eigenvalue weighted by Gasteiger charge is -2.20. The van der Waals surface area contributed by atoms with Gasteiger partial charge in [0.15, 0.2) is 12.8 Å². The predicted molar refractivity (Wildman–Crippen MR) is 290 cm³/mol. The number of nitrogens with one attached hydrogen (secondary N) is 7. The minimum atomic E-state index is -1.14. The van der Waals surface area contributed by atoms with Crippen LogP contribution in [0, 0.1) is 0 Å². The van der Waals surface area contributed by atoms with E-state index in [0.717, 1.165) is 0 Å². The number of anilines is 4. The number of hydrogen-bond donors (Lipinski definition) is 14. The van der Waals surface area contributed by atoms with Crippen LogP contribution in [0.25, 0.3) is 0 Å². The highest BCUT2D eigenvalue weighted by Crippen LogP contribution is 2.27. The molecule has 408 valence electrons. The number of nitrogens with two attached hydrogens (primary N) is 5. The molecule has 24 nitrogen and oxygen atoms in total. The number of primary amides is 1. The number of phenols is 2. The Morgan fingerprint density at radius 1 is 0.526 bits per heavy atom. The van der Waals surface area contributed by atoms with Gasteiger partial charge in [0.2, 0.25) is 17.7 Å². The summed E-state index contributed by atoms with van der Waals surface area (Å²) in [5.41, 5.74) is 29.0. The van der Waals surface area contributed by atoms with E-state index in [1.165, 1.54) is 93.9 Å². The molecule has 4 atom stereocenters. The van der Waals surface area contributed by atoms with E-state index in [9.17, 15) is 43.8 Å². The number of hydrogen-bond acceptors (Lipinski definition) is 15. The minimum absolute atomic E-state index is 0.0207. The number of unbranched alkanes of at least 4 members (excludes halogenated alkanes) is 3. The zero-order valence-electron chi connectivity index (χ0n) is 42.8. The van der Waals surface area contributed by atoms with Crippen LogP contribution in [0.15, 0.2) is 72.8 Å². The van der Waals surface area contributed by atoms with E-state index in [4.69, 9.17) is 38.1 Å². The Morgan fingerprint density at radius 2 is 0.882 bits per heavy atom. The van der Waals surface area contributed by atoms with E-state index >= 15 is 0 Å². The number of aromatic hydroxyl groups is 2. The van der Waals surface area contributed by atoms with Gasteiger partial charge in [-0.15, -0.1) is 0 Å². The monoisotopic (exact) mass is 1050 g/mol. The molecule has 0 saturated carbocycles. The number of benzene rings is 4. The zero-order chi connectivity index (χ0) is 55.9. The maximum atomic E-state index is 14.1. The van der Waals surface area contributed by atoms with Gasteiger partial charge in [-0.2, -0.15) is 0 Å². The van der Waals surface area contributed by atoms with E-state index in [0.29, 0.717) is 58.2 Å². The van der Waals surface area contributed by atoms with Crippen LogP contribution in [0.2, 0.25) is 0 Å². The van der Waals surface area contributed by atoms with Crippen molar-refractivity contribution in [1.29, 1.82) is 0 Å². The molecule has 0 aliphatic heterocycles. The zero-order valence-corrected chi connectivity index (χ0v) is 42.8. The molecule has 0 bridgehead atoms. The highest BCUT2D eigenvalue weighted by atomic mass is 16.5. The van der Waals surface area contributed by atoms with Crippen LogP contribution in [-0.4, -0.2) is 122 Å². The molecule has 4 aromatic carbocycles. The summed E-state index contributed by atoms with van der Waals surface area (Å²) >= 11 is 0. The number of carbonyl (C=O) groups excluding carboxylic acids is 7. The van der Waals surface area contributed by atoms with Gasteiger partial charge in [-0.05, 0) is 157 Å².